The van der Waals surface area contributed by atoms with Gasteiger partial charge in [-0.1, -0.05) is 29.3 Å². The van der Waals surface area contributed by atoms with Crippen LogP contribution in [-0.4, -0.2) is 0 Å². The molecule has 5 heteroatoms. The summed E-state index contributed by atoms with van der Waals surface area (Å²) in [5.74, 6) is 1.10. The first-order valence-electron chi connectivity index (χ1n) is 5.00. The highest BCUT2D eigenvalue weighted by Gasteiger charge is 2.06. The van der Waals surface area contributed by atoms with Crippen molar-refractivity contribution >= 4 is 29.0 Å². The largest absolute Gasteiger partial charge is 0.481 e. The highest BCUT2D eigenvalue weighted by atomic mass is 35.5. The Morgan fingerprint density at radius 3 is 2.71 bits per heavy atom. The van der Waals surface area contributed by atoms with Gasteiger partial charge in [0, 0.05) is 0 Å². The number of aromatic nitrogens is 1. The number of rotatable bonds is 3. The van der Waals surface area contributed by atoms with Crippen molar-refractivity contribution in [2.45, 2.75) is 6.61 Å². The van der Waals surface area contributed by atoms with Gasteiger partial charge >= 0.3 is 5.82 Å². The van der Waals surface area contributed by atoms with Crippen LogP contribution in [0.3, 0.4) is 0 Å². The van der Waals surface area contributed by atoms with Crippen LogP contribution in [0.5, 0.6) is 5.75 Å². The van der Waals surface area contributed by atoms with Gasteiger partial charge in [0.15, 0.2) is 0 Å². The van der Waals surface area contributed by atoms with E-state index in [1.807, 2.05) is 12.1 Å². The summed E-state index contributed by atoms with van der Waals surface area (Å²) in [4.78, 5) is 2.86. The predicted octanol–water partition coefficient (Wildman–Crippen LogP) is 2.97. The van der Waals surface area contributed by atoms with Crippen molar-refractivity contribution in [2.75, 3.05) is 5.73 Å². The third-order valence-corrected chi connectivity index (χ3v) is 2.97. The van der Waals surface area contributed by atoms with Gasteiger partial charge in [0.2, 0.25) is 5.75 Å². The molecule has 1 aromatic heterocycles. The Morgan fingerprint density at radius 1 is 1.18 bits per heavy atom. The summed E-state index contributed by atoms with van der Waals surface area (Å²) < 4.78 is 5.56. The van der Waals surface area contributed by atoms with Crippen molar-refractivity contribution in [1.29, 1.82) is 0 Å². The van der Waals surface area contributed by atoms with Crippen molar-refractivity contribution in [1.82, 2.24) is 0 Å². The van der Waals surface area contributed by atoms with Crippen LogP contribution in [0.25, 0.3) is 0 Å². The Hall–Kier alpha value is -1.45. The van der Waals surface area contributed by atoms with Crippen LogP contribution in [0.15, 0.2) is 36.5 Å². The smallest absolute Gasteiger partial charge is 0.313 e. The lowest BCUT2D eigenvalue weighted by Gasteiger charge is -2.06. The molecule has 3 nitrogen and oxygen atoms in total. The molecule has 0 unspecified atom stereocenters. The summed E-state index contributed by atoms with van der Waals surface area (Å²) in [6.07, 6.45) is 1.74. The zero-order valence-corrected chi connectivity index (χ0v) is 10.4. The van der Waals surface area contributed by atoms with Crippen LogP contribution in [0.1, 0.15) is 5.56 Å². The van der Waals surface area contributed by atoms with Gasteiger partial charge in [0.05, 0.1) is 16.2 Å². The van der Waals surface area contributed by atoms with E-state index in [0.29, 0.717) is 28.2 Å². The number of anilines is 1. The van der Waals surface area contributed by atoms with E-state index in [1.54, 1.807) is 24.4 Å². The maximum Gasteiger partial charge on any atom is 0.313 e. The Balaban J connectivity index is 2.08. The minimum absolute atomic E-state index is 0.388. The summed E-state index contributed by atoms with van der Waals surface area (Å²) in [5.41, 5.74) is 6.64. The number of nitrogens with two attached hydrogens (primary N) is 1. The first-order chi connectivity index (χ1) is 8.16. The van der Waals surface area contributed by atoms with Gasteiger partial charge in [-0.15, -0.1) is 0 Å². The summed E-state index contributed by atoms with van der Waals surface area (Å²) in [6.45, 7) is 0.388. The van der Waals surface area contributed by atoms with Crippen molar-refractivity contribution < 1.29 is 9.72 Å². The molecule has 0 radical (unpaired) electrons. The molecule has 0 spiro atoms. The van der Waals surface area contributed by atoms with E-state index in [-0.39, 0.29) is 0 Å². The first-order valence-corrected chi connectivity index (χ1v) is 5.75. The zero-order valence-electron chi connectivity index (χ0n) is 8.91. The monoisotopic (exact) mass is 269 g/mol. The van der Waals surface area contributed by atoms with E-state index >= 15 is 0 Å². The number of aromatic amines is 1. The van der Waals surface area contributed by atoms with Crippen LogP contribution in [0.2, 0.25) is 10.0 Å². The molecule has 88 valence electrons. The Morgan fingerprint density at radius 2 is 2.00 bits per heavy atom. The van der Waals surface area contributed by atoms with E-state index < -0.39 is 0 Å². The van der Waals surface area contributed by atoms with Gasteiger partial charge in [-0.3, -0.25) is 5.73 Å². The van der Waals surface area contributed by atoms with E-state index in [2.05, 4.69) is 4.98 Å². The maximum absolute atomic E-state index is 5.91. The number of H-pyrrole nitrogens is 1. The number of pyridine rings is 1. The zero-order chi connectivity index (χ0) is 12.3. The standard InChI is InChI=1S/C12H10Cl2N2O/c13-9-4-3-8(6-10(9)14)7-17-11-2-1-5-16-12(11)15/h1-6H,7H2,(H2,15,16)/p+1. The maximum atomic E-state index is 5.91. The molecule has 17 heavy (non-hydrogen) atoms. The molecule has 0 aliphatic heterocycles. The van der Waals surface area contributed by atoms with E-state index in [9.17, 15) is 0 Å². The molecule has 0 bridgehead atoms. The number of hydrogen-bond acceptors (Lipinski definition) is 2. The van der Waals surface area contributed by atoms with Gasteiger partial charge in [-0.05, 0) is 29.8 Å². The van der Waals surface area contributed by atoms with Crippen molar-refractivity contribution in [3.8, 4) is 5.75 Å². The molecule has 2 rings (SSSR count). The lowest BCUT2D eigenvalue weighted by molar-refractivity contribution is -0.361. The normalized spacial score (nSPS) is 10.2. The summed E-state index contributed by atoms with van der Waals surface area (Å²) >= 11 is 11.7. The van der Waals surface area contributed by atoms with Gasteiger partial charge < -0.3 is 4.74 Å². The fraction of sp³-hybridized carbons (Fsp3) is 0.0833. The molecule has 1 aromatic carbocycles. The topological polar surface area (TPSA) is 49.4 Å². The number of nitrogen functional groups attached to an aromatic ring is 1. The fourth-order valence-corrected chi connectivity index (χ4v) is 1.67. The summed E-state index contributed by atoms with van der Waals surface area (Å²) in [5, 5.41) is 1.04. The summed E-state index contributed by atoms with van der Waals surface area (Å²) in [7, 11) is 0. The molecule has 0 atom stereocenters. The van der Waals surface area contributed by atoms with Crippen LogP contribution in [0.4, 0.5) is 5.82 Å². The fourth-order valence-electron chi connectivity index (χ4n) is 1.35. The second-order valence-electron chi connectivity index (χ2n) is 3.49. The molecule has 0 fully saturated rings. The van der Waals surface area contributed by atoms with Crippen molar-refractivity contribution in [2.24, 2.45) is 0 Å². The minimum Gasteiger partial charge on any atom is -0.481 e. The highest BCUT2D eigenvalue weighted by Crippen LogP contribution is 2.23. The molecule has 0 saturated heterocycles. The molecule has 0 aliphatic carbocycles. The Kier molecular flexibility index (Phi) is 3.71. The second kappa shape index (κ2) is 5.25. The average Bonchev–Trinajstić information content (AvgIpc) is 2.32. The second-order valence-corrected chi connectivity index (χ2v) is 4.30. The third kappa shape index (κ3) is 3.02. The van der Waals surface area contributed by atoms with Crippen LogP contribution < -0.4 is 15.5 Å². The van der Waals surface area contributed by atoms with E-state index in [0.717, 1.165) is 5.56 Å². The van der Waals surface area contributed by atoms with Gasteiger partial charge in [0.25, 0.3) is 0 Å². The molecular formula is C12H11Cl2N2O+. The average molecular weight is 270 g/mol. The molecule has 0 amide bonds. The summed E-state index contributed by atoms with van der Waals surface area (Å²) in [6, 6.07) is 8.98. The molecule has 3 N–H and O–H groups in total. The number of halogens is 2. The molecule has 1 heterocycles. The third-order valence-electron chi connectivity index (χ3n) is 2.23. The van der Waals surface area contributed by atoms with Crippen LogP contribution >= 0.6 is 23.2 Å². The van der Waals surface area contributed by atoms with E-state index in [1.165, 1.54) is 0 Å². The van der Waals surface area contributed by atoms with Crippen molar-refractivity contribution in [3.05, 3.63) is 52.1 Å². The van der Waals surface area contributed by atoms with Gasteiger partial charge in [-0.2, -0.15) is 0 Å². The molecule has 2 aromatic rings. The molecule has 0 aliphatic rings. The van der Waals surface area contributed by atoms with Gasteiger partial charge in [0.1, 0.15) is 6.61 Å². The number of benzene rings is 1. The lowest BCUT2D eigenvalue weighted by Crippen LogP contribution is -2.11. The SMILES string of the molecule is Nc1[nH+]cccc1OCc1ccc(Cl)c(Cl)c1. The Labute approximate surface area is 109 Å². The minimum atomic E-state index is 0.388. The lowest BCUT2D eigenvalue weighted by atomic mass is 10.2. The van der Waals surface area contributed by atoms with Gasteiger partial charge in [-0.25, -0.2) is 4.98 Å². The Bertz CT molecular complexity index is 532. The number of nitrogens with one attached hydrogen (secondary N) is 1. The van der Waals surface area contributed by atoms with Crippen molar-refractivity contribution in [3.63, 3.8) is 0 Å². The molecular weight excluding hydrogens is 259 g/mol. The number of ether oxygens (including phenoxy) is 1. The molecule has 0 saturated carbocycles. The number of hydrogen-bond donors (Lipinski definition) is 1. The first kappa shape index (κ1) is 12.0. The quantitative estimate of drug-likeness (QED) is 0.932. The van der Waals surface area contributed by atoms with Crippen LogP contribution in [0, 0.1) is 0 Å². The van der Waals surface area contributed by atoms with E-state index in [4.69, 9.17) is 33.7 Å². The predicted molar refractivity (Wildman–Crippen MR) is 68.2 cm³/mol. The highest BCUT2D eigenvalue weighted by molar-refractivity contribution is 6.42. The van der Waals surface area contributed by atoms with Crippen LogP contribution in [-0.2, 0) is 6.61 Å².